The molecule has 0 saturated carbocycles. The number of fused-ring (bicyclic) bond motifs is 2. The van der Waals surface area contributed by atoms with Gasteiger partial charge in [0.05, 0.1) is 27.0 Å². The zero-order valence-corrected chi connectivity index (χ0v) is 19.7. The second-order valence-corrected chi connectivity index (χ2v) is 9.00. The molecule has 13 nitrogen and oxygen atoms in total. The van der Waals surface area contributed by atoms with E-state index in [1.807, 2.05) is 0 Å². The Balaban J connectivity index is 1.47. The van der Waals surface area contributed by atoms with Gasteiger partial charge in [0.1, 0.15) is 11.7 Å². The molecule has 3 amide bonds. The topological polar surface area (TPSA) is 162 Å². The van der Waals surface area contributed by atoms with Crippen LogP contribution < -0.4 is 14.4 Å². The molecule has 14 heteroatoms. The molecule has 190 valence electrons. The van der Waals surface area contributed by atoms with Gasteiger partial charge in [-0.05, 0) is 35.9 Å². The maximum atomic E-state index is 13.6. The number of carbonyl (C=O) groups is 3. The van der Waals surface area contributed by atoms with Crippen molar-refractivity contribution >= 4 is 46.4 Å². The number of rotatable bonds is 5. The van der Waals surface area contributed by atoms with E-state index in [0.717, 1.165) is 34.1 Å². The van der Waals surface area contributed by atoms with E-state index in [1.54, 1.807) is 18.2 Å². The van der Waals surface area contributed by atoms with Gasteiger partial charge >= 0.3 is 0 Å². The highest BCUT2D eigenvalue weighted by molar-refractivity contribution is 6.31. The first-order valence-electron chi connectivity index (χ1n) is 11.0. The van der Waals surface area contributed by atoms with E-state index >= 15 is 0 Å². The normalized spacial score (nSPS) is 19.4. The van der Waals surface area contributed by atoms with Gasteiger partial charge in [-0.25, -0.2) is 0 Å². The van der Waals surface area contributed by atoms with Crippen molar-refractivity contribution in [3.05, 3.63) is 96.5 Å². The van der Waals surface area contributed by atoms with Gasteiger partial charge in [-0.15, -0.1) is 0 Å². The molecule has 0 bridgehead atoms. The first kappa shape index (κ1) is 23.4. The molecular weight excluding hydrogens is 524 g/mol. The van der Waals surface area contributed by atoms with Crippen molar-refractivity contribution in [2.45, 2.75) is 12.1 Å². The van der Waals surface area contributed by atoms with Gasteiger partial charge in [-0.3, -0.25) is 44.4 Å². The minimum atomic E-state index is -1.39. The maximum absolute atomic E-state index is 13.6. The highest BCUT2D eigenvalue weighted by atomic mass is 35.5. The fourth-order valence-corrected chi connectivity index (χ4v) is 5.05. The van der Waals surface area contributed by atoms with E-state index in [0.29, 0.717) is 17.1 Å². The van der Waals surface area contributed by atoms with Crippen molar-refractivity contribution < 1.29 is 33.7 Å². The number of ether oxygens (including phenoxy) is 2. The summed E-state index contributed by atoms with van der Waals surface area (Å²) in [5.41, 5.74) is -0.822. The van der Waals surface area contributed by atoms with E-state index in [2.05, 4.69) is 0 Å². The van der Waals surface area contributed by atoms with Crippen LogP contribution in [0.4, 0.5) is 17.1 Å². The largest absolute Gasteiger partial charge is 0.454 e. The molecule has 6 rings (SSSR count). The molecule has 1 fully saturated rings. The molecule has 0 aromatic heterocycles. The first-order chi connectivity index (χ1) is 18.2. The summed E-state index contributed by atoms with van der Waals surface area (Å²) in [7, 11) is 0. The summed E-state index contributed by atoms with van der Waals surface area (Å²) in [5, 5.41) is 23.1. The quantitative estimate of drug-likeness (QED) is 0.205. The van der Waals surface area contributed by atoms with Gasteiger partial charge in [-0.1, -0.05) is 17.7 Å². The smallest absolute Gasteiger partial charge is 0.294 e. The monoisotopic (exact) mass is 536 g/mol. The van der Waals surface area contributed by atoms with Crippen molar-refractivity contribution in [1.29, 1.82) is 0 Å². The number of nitro benzene ring substituents is 2. The summed E-state index contributed by atoms with van der Waals surface area (Å²) in [4.78, 5) is 63.7. The lowest BCUT2D eigenvalue weighted by Gasteiger charge is -2.49. The number of nitrogens with zero attached hydrogens (tertiary/aromatic N) is 4. The lowest BCUT2D eigenvalue weighted by Crippen LogP contribution is -2.67. The third-order valence-electron chi connectivity index (χ3n) is 6.59. The molecule has 0 aliphatic carbocycles. The van der Waals surface area contributed by atoms with E-state index in [9.17, 15) is 34.6 Å². The Hall–Kier alpha value is -5.04. The van der Waals surface area contributed by atoms with Gasteiger partial charge in [0.2, 0.25) is 6.79 Å². The van der Waals surface area contributed by atoms with Gasteiger partial charge in [-0.2, -0.15) is 0 Å². The van der Waals surface area contributed by atoms with Crippen LogP contribution in [0.15, 0.2) is 54.6 Å². The Morgan fingerprint density at radius 3 is 2.26 bits per heavy atom. The molecule has 0 spiro atoms. The minimum Gasteiger partial charge on any atom is -0.454 e. The summed E-state index contributed by atoms with van der Waals surface area (Å²) >= 11 is 5.95. The Labute approximate surface area is 217 Å². The number of β-lactam (4-membered cyclic amide) rings is 1. The third kappa shape index (κ3) is 3.29. The number of amides is 3. The molecule has 3 aliphatic heterocycles. The van der Waals surface area contributed by atoms with Crippen LogP contribution in [0.3, 0.4) is 0 Å². The summed E-state index contributed by atoms with van der Waals surface area (Å²) in [5.74, 6) is -1.67. The van der Waals surface area contributed by atoms with E-state index in [1.165, 1.54) is 12.1 Å². The first-order valence-corrected chi connectivity index (χ1v) is 11.4. The van der Waals surface area contributed by atoms with Crippen LogP contribution in [0.5, 0.6) is 11.5 Å². The molecule has 3 aromatic carbocycles. The molecular formula is C24H13ClN4O9. The van der Waals surface area contributed by atoms with Crippen LogP contribution in [-0.4, -0.2) is 45.3 Å². The number of hydrogen-bond acceptors (Lipinski definition) is 9. The summed E-state index contributed by atoms with van der Waals surface area (Å²) in [6.45, 7) is -0.0324. The molecule has 0 unspecified atom stereocenters. The second kappa shape index (κ2) is 8.24. The van der Waals surface area contributed by atoms with Crippen LogP contribution in [-0.2, 0) is 4.79 Å². The van der Waals surface area contributed by atoms with Crippen molar-refractivity contribution in [2.75, 3.05) is 11.7 Å². The van der Waals surface area contributed by atoms with Gasteiger partial charge in [0.25, 0.3) is 29.1 Å². The van der Waals surface area contributed by atoms with Crippen LogP contribution in [0.25, 0.3) is 0 Å². The van der Waals surface area contributed by atoms with Crippen molar-refractivity contribution in [2.24, 2.45) is 0 Å². The number of benzene rings is 3. The average molecular weight is 537 g/mol. The van der Waals surface area contributed by atoms with Gasteiger partial charge < -0.3 is 9.47 Å². The SMILES string of the molecule is O=C1c2ccc([N+](=O)[O-])cc2C(=O)N1[C@H]1C(=O)N(c2ccc(Cl)cc2[N+](=O)[O-])[C@@H]1c1ccc2c(c1)OCO2. The molecule has 3 heterocycles. The standard InChI is InChI=1S/C24H13ClN4O9/c25-12-2-5-16(17(8-12)29(35)36)26-20(11-1-6-18-19(7-11)38-10-37-18)21(24(26)32)27-22(30)14-4-3-13(28(33)34)9-15(14)23(27)31/h1-9,20-21H,10H2/t20-,21-/m1/s1. The number of nitro groups is 2. The van der Waals surface area contributed by atoms with E-state index < -0.39 is 51.0 Å². The Bertz CT molecular complexity index is 1620. The van der Waals surface area contributed by atoms with Crippen LogP contribution in [0.1, 0.15) is 32.3 Å². The van der Waals surface area contributed by atoms with Crippen molar-refractivity contribution in [3.63, 3.8) is 0 Å². The summed E-state index contributed by atoms with van der Waals surface area (Å²) < 4.78 is 10.8. The molecule has 3 aliphatic rings. The third-order valence-corrected chi connectivity index (χ3v) is 6.83. The van der Waals surface area contributed by atoms with E-state index in [-0.39, 0.29) is 28.6 Å². The minimum absolute atomic E-state index is 0.0324. The molecule has 0 N–H and O–H groups in total. The summed E-state index contributed by atoms with van der Waals surface area (Å²) in [6, 6.07) is 9.31. The fourth-order valence-electron chi connectivity index (χ4n) is 4.88. The van der Waals surface area contributed by atoms with Gasteiger partial charge in [0.15, 0.2) is 11.5 Å². The number of imide groups is 1. The lowest BCUT2D eigenvalue weighted by atomic mass is 9.86. The zero-order valence-electron chi connectivity index (χ0n) is 18.9. The van der Waals surface area contributed by atoms with Crippen LogP contribution in [0.2, 0.25) is 5.02 Å². The Morgan fingerprint density at radius 1 is 0.789 bits per heavy atom. The van der Waals surface area contributed by atoms with Crippen LogP contribution in [0, 0.1) is 20.2 Å². The Morgan fingerprint density at radius 2 is 1.53 bits per heavy atom. The Kier molecular flexibility index (Phi) is 5.07. The predicted molar refractivity (Wildman–Crippen MR) is 128 cm³/mol. The molecule has 3 aromatic rings. The molecule has 1 saturated heterocycles. The second-order valence-electron chi connectivity index (χ2n) is 8.57. The number of non-ortho nitro benzene ring substituents is 1. The number of carbonyl (C=O) groups excluding carboxylic acids is 3. The highest BCUT2D eigenvalue weighted by Gasteiger charge is 2.58. The highest BCUT2D eigenvalue weighted by Crippen LogP contribution is 2.49. The maximum Gasteiger partial charge on any atom is 0.294 e. The molecule has 0 radical (unpaired) electrons. The van der Waals surface area contributed by atoms with Crippen molar-refractivity contribution in [1.82, 2.24) is 4.90 Å². The predicted octanol–water partition coefficient (Wildman–Crippen LogP) is 3.64. The van der Waals surface area contributed by atoms with Gasteiger partial charge in [0, 0.05) is 23.2 Å². The lowest BCUT2D eigenvalue weighted by molar-refractivity contribution is -0.384. The average Bonchev–Trinajstić information content (AvgIpc) is 3.45. The summed E-state index contributed by atoms with van der Waals surface area (Å²) in [6.07, 6.45) is 0. The molecule has 38 heavy (non-hydrogen) atoms. The number of hydrogen-bond donors (Lipinski definition) is 0. The molecule has 2 atom stereocenters. The van der Waals surface area contributed by atoms with E-state index in [4.69, 9.17) is 21.1 Å². The fraction of sp³-hybridized carbons (Fsp3) is 0.125. The number of halogens is 1. The van der Waals surface area contributed by atoms with Crippen molar-refractivity contribution in [3.8, 4) is 11.5 Å². The van der Waals surface area contributed by atoms with Crippen LogP contribution >= 0.6 is 11.6 Å². The zero-order chi connectivity index (χ0) is 26.9. The number of anilines is 1.